The molecule has 21 heavy (non-hydrogen) atoms. The van der Waals surface area contributed by atoms with E-state index in [2.05, 4.69) is 61.5 Å². The number of aryl methyl sites for hydroxylation is 1. The lowest BCUT2D eigenvalue weighted by atomic mass is 10.1. The van der Waals surface area contributed by atoms with Crippen molar-refractivity contribution in [3.05, 3.63) is 35.4 Å². The summed E-state index contributed by atoms with van der Waals surface area (Å²) in [4.78, 5) is 14.9. The molecule has 0 aromatic heterocycles. The van der Waals surface area contributed by atoms with Gasteiger partial charge in [-0.1, -0.05) is 29.8 Å². The Bertz CT molecular complexity index is 566. The first-order valence-corrected chi connectivity index (χ1v) is 8.80. The van der Waals surface area contributed by atoms with Gasteiger partial charge in [0.2, 0.25) is 5.91 Å². The van der Waals surface area contributed by atoms with Gasteiger partial charge in [0.05, 0.1) is 0 Å². The average Bonchev–Trinajstić information content (AvgIpc) is 3.18. The van der Waals surface area contributed by atoms with Crippen LogP contribution in [0.1, 0.15) is 44.0 Å². The molecule has 1 saturated carbocycles. The van der Waals surface area contributed by atoms with Gasteiger partial charge in [0.1, 0.15) is 11.7 Å². The molecule has 1 unspecified atom stereocenters. The van der Waals surface area contributed by atoms with Crippen molar-refractivity contribution in [2.75, 3.05) is 12.8 Å². The Kier molecular flexibility index (Phi) is 3.57. The molecule has 0 radical (unpaired) electrons. The summed E-state index contributed by atoms with van der Waals surface area (Å²) in [5.74, 6) is 0.288. The van der Waals surface area contributed by atoms with Crippen LogP contribution in [0.25, 0.3) is 0 Å². The summed E-state index contributed by atoms with van der Waals surface area (Å²) in [5, 5.41) is 3.60. The summed E-state index contributed by atoms with van der Waals surface area (Å²) in [6, 6.07) is 8.49. The molecule has 114 valence electrons. The minimum absolute atomic E-state index is 0.0197. The van der Waals surface area contributed by atoms with Gasteiger partial charge in [0.15, 0.2) is 0 Å². The van der Waals surface area contributed by atoms with Crippen LogP contribution in [0.5, 0.6) is 0 Å². The highest BCUT2D eigenvalue weighted by atomic mass is 32.2. The van der Waals surface area contributed by atoms with Gasteiger partial charge in [-0.2, -0.15) is 11.8 Å². The van der Waals surface area contributed by atoms with Crippen molar-refractivity contribution in [2.24, 2.45) is 0 Å². The van der Waals surface area contributed by atoms with E-state index >= 15 is 0 Å². The summed E-state index contributed by atoms with van der Waals surface area (Å²) >= 11 is 1.82. The van der Waals surface area contributed by atoms with Crippen molar-refractivity contribution in [1.29, 1.82) is 0 Å². The summed E-state index contributed by atoms with van der Waals surface area (Å²) in [6.07, 6.45) is 4.09. The number of carbonyl (C=O) groups is 1. The first kappa shape index (κ1) is 14.9. The largest absolute Gasteiger partial charge is 0.320 e. The summed E-state index contributed by atoms with van der Waals surface area (Å²) in [7, 11) is 0. The lowest BCUT2D eigenvalue weighted by Gasteiger charge is -2.32. The van der Waals surface area contributed by atoms with Crippen LogP contribution in [0.2, 0.25) is 0 Å². The molecule has 1 atom stereocenters. The number of nitrogens with one attached hydrogen (secondary N) is 1. The molecule has 1 saturated heterocycles. The first-order chi connectivity index (χ1) is 9.87. The predicted molar refractivity (Wildman–Crippen MR) is 88.3 cm³/mol. The number of carbonyl (C=O) groups excluding carboxylic acids is 1. The number of benzene rings is 1. The second-order valence-corrected chi connectivity index (χ2v) is 8.45. The molecule has 2 fully saturated rings. The van der Waals surface area contributed by atoms with E-state index in [9.17, 15) is 4.79 Å². The minimum atomic E-state index is -0.261. The maximum Gasteiger partial charge on any atom is 0.244 e. The van der Waals surface area contributed by atoms with E-state index in [0.29, 0.717) is 0 Å². The van der Waals surface area contributed by atoms with E-state index in [0.717, 1.165) is 19.4 Å². The molecule has 3 rings (SSSR count). The van der Waals surface area contributed by atoms with Crippen molar-refractivity contribution >= 4 is 17.7 Å². The van der Waals surface area contributed by atoms with Crippen molar-refractivity contribution in [2.45, 2.75) is 50.1 Å². The Labute approximate surface area is 131 Å². The van der Waals surface area contributed by atoms with Gasteiger partial charge >= 0.3 is 0 Å². The second kappa shape index (κ2) is 5.03. The predicted octanol–water partition coefficient (Wildman–Crippen LogP) is 3.10. The Morgan fingerprint density at radius 2 is 2.14 bits per heavy atom. The van der Waals surface area contributed by atoms with Crippen LogP contribution in [-0.2, 0) is 4.79 Å². The Balaban J connectivity index is 1.91. The van der Waals surface area contributed by atoms with E-state index in [4.69, 9.17) is 0 Å². The quantitative estimate of drug-likeness (QED) is 0.927. The molecule has 1 aliphatic carbocycles. The normalized spacial score (nSPS) is 23.9. The summed E-state index contributed by atoms with van der Waals surface area (Å²) < 4.78 is 0.0693. The second-order valence-electron chi connectivity index (χ2n) is 6.94. The lowest BCUT2D eigenvalue weighted by molar-refractivity contribution is -0.131. The molecular formula is C17H24N2OS. The number of hydrogen-bond donors (Lipinski definition) is 1. The molecular weight excluding hydrogens is 280 g/mol. The molecule has 2 aliphatic rings. The van der Waals surface area contributed by atoms with E-state index in [1.807, 2.05) is 11.8 Å². The van der Waals surface area contributed by atoms with Crippen molar-refractivity contribution < 1.29 is 4.79 Å². The average molecular weight is 304 g/mol. The lowest BCUT2D eigenvalue weighted by Crippen LogP contribution is -2.40. The number of amides is 1. The molecule has 1 aromatic rings. The zero-order valence-electron chi connectivity index (χ0n) is 13.3. The monoisotopic (exact) mass is 304 g/mol. The zero-order valence-corrected chi connectivity index (χ0v) is 14.1. The fourth-order valence-electron chi connectivity index (χ4n) is 3.02. The SMILES string of the molecule is CSC(C)(C)CN1C(=O)C2(CC2)NC1c1cccc(C)c1. The van der Waals surface area contributed by atoms with Crippen LogP contribution in [-0.4, -0.2) is 33.9 Å². The highest BCUT2D eigenvalue weighted by Crippen LogP contribution is 2.46. The van der Waals surface area contributed by atoms with Gasteiger partial charge in [-0.15, -0.1) is 0 Å². The van der Waals surface area contributed by atoms with Gasteiger partial charge in [0, 0.05) is 11.3 Å². The molecule has 1 heterocycles. The molecule has 1 aromatic carbocycles. The first-order valence-electron chi connectivity index (χ1n) is 7.57. The van der Waals surface area contributed by atoms with Crippen LogP contribution in [0, 0.1) is 6.92 Å². The summed E-state index contributed by atoms with van der Waals surface area (Å²) in [6.45, 7) is 7.29. The maximum absolute atomic E-state index is 12.8. The van der Waals surface area contributed by atoms with Crippen molar-refractivity contribution in [1.82, 2.24) is 10.2 Å². The number of rotatable bonds is 4. The van der Waals surface area contributed by atoms with Crippen molar-refractivity contribution in [3.8, 4) is 0 Å². The van der Waals surface area contributed by atoms with Crippen molar-refractivity contribution in [3.63, 3.8) is 0 Å². The van der Waals surface area contributed by atoms with E-state index in [1.165, 1.54) is 11.1 Å². The Hall–Kier alpha value is -1.00. The van der Waals surface area contributed by atoms with Crippen LogP contribution in [0.3, 0.4) is 0 Å². The van der Waals surface area contributed by atoms with Crippen LogP contribution in [0.15, 0.2) is 24.3 Å². The molecule has 3 nitrogen and oxygen atoms in total. The number of hydrogen-bond acceptors (Lipinski definition) is 3. The molecule has 1 spiro atoms. The van der Waals surface area contributed by atoms with Crippen LogP contribution >= 0.6 is 11.8 Å². The molecule has 4 heteroatoms. The third-order valence-corrected chi connectivity index (χ3v) is 5.84. The third-order valence-electron chi connectivity index (χ3n) is 4.61. The zero-order chi connectivity index (χ0) is 15.3. The van der Waals surface area contributed by atoms with E-state index in [-0.39, 0.29) is 22.4 Å². The fourth-order valence-corrected chi connectivity index (χ4v) is 3.29. The fraction of sp³-hybridized carbons (Fsp3) is 0.588. The van der Waals surface area contributed by atoms with Gasteiger partial charge < -0.3 is 4.90 Å². The standard InChI is InChI=1S/C17H24N2OS/c1-12-6-5-7-13(10-12)14-18-17(8-9-17)15(20)19(14)11-16(2,3)21-4/h5-7,10,14,18H,8-9,11H2,1-4H3. The topological polar surface area (TPSA) is 32.3 Å². The van der Waals surface area contributed by atoms with E-state index in [1.54, 1.807) is 0 Å². The van der Waals surface area contributed by atoms with Crippen LogP contribution < -0.4 is 5.32 Å². The molecule has 0 bridgehead atoms. The summed E-state index contributed by atoms with van der Waals surface area (Å²) in [5.41, 5.74) is 2.18. The van der Waals surface area contributed by atoms with Gasteiger partial charge in [-0.25, -0.2) is 0 Å². The van der Waals surface area contributed by atoms with Gasteiger partial charge in [-0.05, 0) is 45.4 Å². The maximum atomic E-state index is 12.8. The molecule has 1 N–H and O–H groups in total. The Morgan fingerprint density at radius 1 is 1.43 bits per heavy atom. The minimum Gasteiger partial charge on any atom is -0.320 e. The number of nitrogens with zero attached hydrogens (tertiary/aromatic N) is 1. The highest BCUT2D eigenvalue weighted by Gasteiger charge is 2.59. The Morgan fingerprint density at radius 3 is 2.71 bits per heavy atom. The molecule has 1 amide bonds. The molecule has 1 aliphatic heterocycles. The van der Waals surface area contributed by atoms with E-state index < -0.39 is 0 Å². The number of thioether (sulfide) groups is 1. The van der Waals surface area contributed by atoms with Crippen LogP contribution in [0.4, 0.5) is 0 Å². The van der Waals surface area contributed by atoms with Gasteiger partial charge in [0.25, 0.3) is 0 Å². The smallest absolute Gasteiger partial charge is 0.244 e. The highest BCUT2D eigenvalue weighted by molar-refractivity contribution is 7.99. The third kappa shape index (κ3) is 2.71. The van der Waals surface area contributed by atoms with Gasteiger partial charge in [-0.3, -0.25) is 10.1 Å².